The van der Waals surface area contributed by atoms with Crippen LogP contribution >= 0.6 is 0 Å². The van der Waals surface area contributed by atoms with E-state index in [1.54, 1.807) is 13.8 Å². The number of carbonyl (C=O) groups excluding carboxylic acids is 1. The SMILES string of the molecule is CC(C)(CCO)NC(=O)C1CCCCS1(=O)=O. The first-order chi connectivity index (χ1) is 7.78. The lowest BCUT2D eigenvalue weighted by molar-refractivity contribution is -0.122. The summed E-state index contributed by atoms with van der Waals surface area (Å²) in [5, 5.41) is 10.7. The molecule has 0 spiro atoms. The van der Waals surface area contributed by atoms with Gasteiger partial charge in [-0.2, -0.15) is 0 Å². The number of carbonyl (C=O) groups is 1. The van der Waals surface area contributed by atoms with Crippen LogP contribution in [0, 0.1) is 0 Å². The van der Waals surface area contributed by atoms with Gasteiger partial charge in [0.1, 0.15) is 5.25 Å². The summed E-state index contributed by atoms with van der Waals surface area (Å²) in [6.45, 7) is 3.51. The predicted molar refractivity (Wildman–Crippen MR) is 65.4 cm³/mol. The molecule has 0 aromatic rings. The predicted octanol–water partition coefficient (Wildman–Crippen LogP) is 0.231. The molecule has 1 unspecified atom stereocenters. The second-order valence-corrected chi connectivity index (χ2v) is 7.50. The standard InChI is InChI=1S/C11H21NO4S/c1-11(2,6-7-13)12-10(14)9-5-3-4-8-17(9,15)16/h9,13H,3-8H2,1-2H3,(H,12,14). The van der Waals surface area contributed by atoms with Crippen molar-refractivity contribution >= 4 is 15.7 Å². The van der Waals surface area contributed by atoms with Gasteiger partial charge >= 0.3 is 0 Å². The van der Waals surface area contributed by atoms with Crippen molar-refractivity contribution in [2.45, 2.75) is 50.3 Å². The van der Waals surface area contributed by atoms with Crippen LogP contribution in [0.1, 0.15) is 39.5 Å². The van der Waals surface area contributed by atoms with Crippen LogP contribution in [0.3, 0.4) is 0 Å². The number of sulfone groups is 1. The Labute approximate surface area is 103 Å². The van der Waals surface area contributed by atoms with E-state index in [-0.39, 0.29) is 12.4 Å². The highest BCUT2D eigenvalue weighted by atomic mass is 32.2. The number of rotatable bonds is 4. The molecule has 0 aliphatic carbocycles. The van der Waals surface area contributed by atoms with Gasteiger partial charge in [-0.3, -0.25) is 4.79 Å². The lowest BCUT2D eigenvalue weighted by atomic mass is 10.0. The highest BCUT2D eigenvalue weighted by molar-refractivity contribution is 7.92. The summed E-state index contributed by atoms with van der Waals surface area (Å²) in [7, 11) is -3.28. The molecule has 1 aliphatic heterocycles. The molecule has 1 aliphatic rings. The molecule has 0 aromatic carbocycles. The van der Waals surface area contributed by atoms with Crippen molar-refractivity contribution in [2.24, 2.45) is 0 Å². The lowest BCUT2D eigenvalue weighted by Crippen LogP contribution is -2.51. The third-order valence-corrected chi connectivity index (χ3v) is 5.24. The molecular formula is C11H21NO4S. The molecule has 100 valence electrons. The van der Waals surface area contributed by atoms with Crippen LogP contribution in [-0.4, -0.2) is 42.6 Å². The van der Waals surface area contributed by atoms with E-state index in [2.05, 4.69) is 5.32 Å². The molecule has 1 rings (SSSR count). The summed E-state index contributed by atoms with van der Waals surface area (Å²) < 4.78 is 23.5. The molecule has 1 fully saturated rings. The van der Waals surface area contributed by atoms with E-state index in [1.165, 1.54) is 0 Å². The topological polar surface area (TPSA) is 83.5 Å². The van der Waals surface area contributed by atoms with E-state index < -0.39 is 26.5 Å². The van der Waals surface area contributed by atoms with Crippen molar-refractivity contribution in [3.63, 3.8) is 0 Å². The molecule has 0 radical (unpaired) electrons. The van der Waals surface area contributed by atoms with Gasteiger partial charge < -0.3 is 10.4 Å². The zero-order valence-corrected chi connectivity index (χ0v) is 11.2. The fourth-order valence-electron chi connectivity index (χ4n) is 2.00. The van der Waals surface area contributed by atoms with Crippen LogP contribution in [0.4, 0.5) is 0 Å². The molecule has 0 bridgehead atoms. The summed E-state index contributed by atoms with van der Waals surface area (Å²) in [6, 6.07) is 0. The van der Waals surface area contributed by atoms with Crippen molar-refractivity contribution in [1.82, 2.24) is 5.32 Å². The van der Waals surface area contributed by atoms with Gasteiger partial charge in [0.25, 0.3) is 0 Å². The van der Waals surface area contributed by atoms with Gasteiger partial charge in [0, 0.05) is 12.1 Å². The summed E-state index contributed by atoms with van der Waals surface area (Å²) in [5.41, 5.74) is -0.571. The minimum absolute atomic E-state index is 0.0370. The van der Waals surface area contributed by atoms with Gasteiger partial charge in [-0.1, -0.05) is 6.42 Å². The summed E-state index contributed by atoms with van der Waals surface area (Å²) in [4.78, 5) is 11.9. The van der Waals surface area contributed by atoms with Crippen LogP contribution in [0.15, 0.2) is 0 Å². The molecule has 17 heavy (non-hydrogen) atoms. The monoisotopic (exact) mass is 263 g/mol. The fourth-order valence-corrected chi connectivity index (χ4v) is 3.81. The maximum atomic E-state index is 11.9. The fraction of sp³-hybridized carbons (Fsp3) is 0.909. The van der Waals surface area contributed by atoms with Crippen LogP contribution in [0.25, 0.3) is 0 Å². The van der Waals surface area contributed by atoms with E-state index in [9.17, 15) is 13.2 Å². The zero-order valence-electron chi connectivity index (χ0n) is 10.4. The molecule has 1 amide bonds. The molecule has 0 aromatic heterocycles. The highest BCUT2D eigenvalue weighted by Crippen LogP contribution is 2.20. The average molecular weight is 263 g/mol. The molecule has 5 nitrogen and oxygen atoms in total. The summed E-state index contributed by atoms with van der Waals surface area (Å²) in [6.07, 6.45) is 2.23. The quantitative estimate of drug-likeness (QED) is 0.760. The van der Waals surface area contributed by atoms with Crippen molar-refractivity contribution in [1.29, 1.82) is 0 Å². The van der Waals surface area contributed by atoms with Crippen molar-refractivity contribution in [3.8, 4) is 0 Å². The average Bonchev–Trinajstić information content (AvgIpc) is 2.15. The Morgan fingerprint density at radius 2 is 2.06 bits per heavy atom. The molecule has 1 heterocycles. The van der Waals surface area contributed by atoms with Crippen molar-refractivity contribution in [2.75, 3.05) is 12.4 Å². The van der Waals surface area contributed by atoms with E-state index in [0.717, 1.165) is 6.42 Å². The van der Waals surface area contributed by atoms with Crippen LogP contribution < -0.4 is 5.32 Å². The molecule has 1 atom stereocenters. The van der Waals surface area contributed by atoms with E-state index >= 15 is 0 Å². The van der Waals surface area contributed by atoms with Gasteiger partial charge in [-0.25, -0.2) is 8.42 Å². The van der Waals surface area contributed by atoms with Crippen LogP contribution in [0.2, 0.25) is 0 Å². The van der Waals surface area contributed by atoms with Crippen molar-refractivity contribution < 1.29 is 18.3 Å². The summed E-state index contributed by atoms with van der Waals surface area (Å²) in [5.74, 6) is -0.325. The van der Waals surface area contributed by atoms with E-state index in [1.807, 2.05) is 0 Å². The molecular weight excluding hydrogens is 242 g/mol. The number of hydrogen-bond acceptors (Lipinski definition) is 4. The molecule has 0 saturated carbocycles. The number of amides is 1. The molecule has 2 N–H and O–H groups in total. The highest BCUT2D eigenvalue weighted by Gasteiger charge is 2.36. The summed E-state index contributed by atoms with van der Waals surface area (Å²) >= 11 is 0. The van der Waals surface area contributed by atoms with Crippen LogP contribution in [0.5, 0.6) is 0 Å². The molecule has 1 saturated heterocycles. The third kappa shape index (κ3) is 3.96. The Morgan fingerprint density at radius 1 is 1.41 bits per heavy atom. The first-order valence-electron chi connectivity index (χ1n) is 5.93. The normalized spacial score (nSPS) is 24.3. The van der Waals surface area contributed by atoms with Gasteiger partial charge in [0.05, 0.1) is 5.75 Å². The van der Waals surface area contributed by atoms with Gasteiger partial charge in [0.15, 0.2) is 9.84 Å². The Kier molecular flexibility index (Phi) is 4.55. The maximum absolute atomic E-state index is 11.9. The lowest BCUT2D eigenvalue weighted by Gasteiger charge is -2.29. The Morgan fingerprint density at radius 3 is 2.59 bits per heavy atom. The number of nitrogens with one attached hydrogen (secondary N) is 1. The van der Waals surface area contributed by atoms with E-state index in [0.29, 0.717) is 19.3 Å². The van der Waals surface area contributed by atoms with Gasteiger partial charge in [-0.15, -0.1) is 0 Å². The minimum atomic E-state index is -3.28. The smallest absolute Gasteiger partial charge is 0.238 e. The first-order valence-corrected chi connectivity index (χ1v) is 7.64. The maximum Gasteiger partial charge on any atom is 0.238 e. The van der Waals surface area contributed by atoms with Gasteiger partial charge in [0.2, 0.25) is 5.91 Å². The Balaban J connectivity index is 2.70. The Bertz CT molecular complexity index is 375. The number of aliphatic hydroxyl groups is 1. The van der Waals surface area contributed by atoms with Crippen molar-refractivity contribution in [3.05, 3.63) is 0 Å². The second-order valence-electron chi connectivity index (χ2n) is 5.20. The zero-order chi connectivity index (χ0) is 13.1. The van der Waals surface area contributed by atoms with E-state index in [4.69, 9.17) is 5.11 Å². The van der Waals surface area contributed by atoms with Gasteiger partial charge in [-0.05, 0) is 33.1 Å². The third-order valence-electron chi connectivity index (χ3n) is 3.07. The minimum Gasteiger partial charge on any atom is -0.396 e. The number of aliphatic hydroxyl groups excluding tert-OH is 1. The first kappa shape index (κ1) is 14.4. The Hall–Kier alpha value is -0.620. The molecule has 6 heteroatoms. The van der Waals surface area contributed by atoms with Crippen LogP contribution in [-0.2, 0) is 14.6 Å². The number of hydrogen-bond donors (Lipinski definition) is 2. The second kappa shape index (κ2) is 5.35. The largest absolute Gasteiger partial charge is 0.396 e.